The van der Waals surface area contributed by atoms with Crippen LogP contribution in [0, 0.1) is 0 Å². The summed E-state index contributed by atoms with van der Waals surface area (Å²) in [5.74, 6) is 0. The molecular weight excluding hydrogens is 362 g/mol. The summed E-state index contributed by atoms with van der Waals surface area (Å²) >= 11 is 9.40. The molecule has 1 heterocycles. The van der Waals surface area contributed by atoms with Gasteiger partial charge >= 0.3 is 0 Å². The minimum absolute atomic E-state index is 0.632. The van der Waals surface area contributed by atoms with Gasteiger partial charge in [-0.05, 0) is 41.5 Å². The van der Waals surface area contributed by atoms with E-state index in [1.165, 1.54) is 0 Å². The molecule has 0 saturated heterocycles. The average molecular weight is 375 g/mol. The van der Waals surface area contributed by atoms with Gasteiger partial charge in [-0.25, -0.2) is 0 Å². The van der Waals surface area contributed by atoms with Crippen molar-refractivity contribution in [3.8, 4) is 0 Å². The fourth-order valence-corrected chi connectivity index (χ4v) is 2.85. The van der Waals surface area contributed by atoms with Crippen LogP contribution in [-0.2, 0) is 5.60 Å². The predicted molar refractivity (Wildman–Crippen MR) is 91.9 cm³/mol. The molecule has 0 bridgehead atoms. The lowest BCUT2D eigenvalue weighted by Crippen LogP contribution is -2.28. The maximum atomic E-state index is 11.5. The lowest BCUT2D eigenvalue weighted by atomic mass is 9.81. The number of aliphatic hydroxyl groups is 1. The highest BCUT2D eigenvalue weighted by Crippen LogP contribution is 2.37. The summed E-state index contributed by atoms with van der Waals surface area (Å²) in [6.45, 7) is 0. The lowest BCUT2D eigenvalue weighted by Gasteiger charge is -2.29. The normalized spacial score (nSPS) is 13.6. The van der Waals surface area contributed by atoms with E-state index in [0.717, 1.165) is 15.6 Å². The molecule has 2 aromatic carbocycles. The Morgan fingerprint density at radius 1 is 0.864 bits per heavy atom. The number of rotatable bonds is 3. The molecule has 0 aliphatic carbocycles. The fraction of sp³-hybridized carbons (Fsp3) is 0.0556. The summed E-state index contributed by atoms with van der Waals surface area (Å²) in [5.41, 5.74) is 0.942. The smallest absolute Gasteiger partial charge is 0.142 e. The number of pyridine rings is 1. The van der Waals surface area contributed by atoms with Crippen LogP contribution in [-0.4, -0.2) is 10.1 Å². The zero-order chi connectivity index (χ0) is 15.6. The maximum absolute atomic E-state index is 11.5. The van der Waals surface area contributed by atoms with E-state index in [4.69, 9.17) is 11.6 Å². The van der Waals surface area contributed by atoms with Gasteiger partial charge in [-0.1, -0.05) is 57.9 Å². The second-order valence-electron chi connectivity index (χ2n) is 4.97. The van der Waals surface area contributed by atoms with Gasteiger partial charge in [0.15, 0.2) is 0 Å². The van der Waals surface area contributed by atoms with Gasteiger partial charge in [0.1, 0.15) is 5.60 Å². The van der Waals surface area contributed by atoms with Crippen LogP contribution in [0.5, 0.6) is 0 Å². The molecule has 110 valence electrons. The molecule has 22 heavy (non-hydrogen) atoms. The highest BCUT2D eigenvalue weighted by molar-refractivity contribution is 9.10. The van der Waals surface area contributed by atoms with Gasteiger partial charge in [0.05, 0.1) is 0 Å². The first-order valence-electron chi connectivity index (χ1n) is 6.75. The van der Waals surface area contributed by atoms with Crippen LogP contribution in [0.1, 0.15) is 16.7 Å². The third kappa shape index (κ3) is 2.80. The summed E-state index contributed by atoms with van der Waals surface area (Å²) in [4.78, 5) is 4.14. The zero-order valence-electron chi connectivity index (χ0n) is 11.6. The number of hydrogen-bond donors (Lipinski definition) is 1. The average Bonchev–Trinajstić information content (AvgIpc) is 2.56. The van der Waals surface area contributed by atoms with Crippen LogP contribution < -0.4 is 0 Å². The monoisotopic (exact) mass is 373 g/mol. The fourth-order valence-electron chi connectivity index (χ4n) is 2.46. The first kappa shape index (κ1) is 15.2. The van der Waals surface area contributed by atoms with Crippen molar-refractivity contribution in [2.45, 2.75) is 5.60 Å². The molecule has 0 aliphatic heterocycles. The largest absolute Gasteiger partial charge is 0.376 e. The molecule has 1 N–H and O–H groups in total. The van der Waals surface area contributed by atoms with Gasteiger partial charge in [0, 0.05) is 27.5 Å². The molecule has 0 saturated carbocycles. The van der Waals surface area contributed by atoms with Crippen LogP contribution in [0.4, 0.5) is 0 Å². The van der Waals surface area contributed by atoms with Crippen LogP contribution in [0.25, 0.3) is 0 Å². The Morgan fingerprint density at radius 3 is 2.00 bits per heavy atom. The van der Waals surface area contributed by atoms with Crippen molar-refractivity contribution < 1.29 is 5.11 Å². The second-order valence-corrected chi connectivity index (χ2v) is 6.32. The van der Waals surface area contributed by atoms with E-state index in [0.29, 0.717) is 10.6 Å². The molecule has 2 nitrogen and oxygen atoms in total. The Morgan fingerprint density at radius 2 is 1.45 bits per heavy atom. The van der Waals surface area contributed by atoms with E-state index in [1.807, 2.05) is 48.5 Å². The zero-order valence-corrected chi connectivity index (χ0v) is 13.9. The van der Waals surface area contributed by atoms with Crippen molar-refractivity contribution >= 4 is 27.5 Å². The predicted octanol–water partition coefficient (Wildman–Crippen LogP) is 4.78. The third-order valence-corrected chi connectivity index (χ3v) is 4.38. The van der Waals surface area contributed by atoms with Crippen LogP contribution in [0.2, 0.25) is 5.02 Å². The summed E-state index contributed by atoms with van der Waals surface area (Å²) in [6.07, 6.45) is 3.37. The minimum Gasteiger partial charge on any atom is -0.376 e. The first-order chi connectivity index (χ1) is 10.6. The van der Waals surface area contributed by atoms with Crippen molar-refractivity contribution in [3.63, 3.8) is 0 Å². The Hall–Kier alpha value is -1.68. The molecule has 3 aromatic rings. The molecule has 0 fully saturated rings. The molecule has 3 rings (SSSR count). The van der Waals surface area contributed by atoms with Crippen molar-refractivity contribution in [1.29, 1.82) is 0 Å². The Labute approximate surface area is 142 Å². The summed E-state index contributed by atoms with van der Waals surface area (Å²) in [6, 6.07) is 18.5. The SMILES string of the molecule is O[C@](c1ccc(Cl)cc1)(c1ccc(Br)cc1)c1cccnc1. The Balaban J connectivity index is 2.22. The van der Waals surface area contributed by atoms with E-state index < -0.39 is 5.60 Å². The highest BCUT2D eigenvalue weighted by atomic mass is 79.9. The van der Waals surface area contributed by atoms with E-state index in [2.05, 4.69) is 20.9 Å². The van der Waals surface area contributed by atoms with Crippen molar-refractivity contribution in [2.75, 3.05) is 0 Å². The molecule has 0 radical (unpaired) electrons. The van der Waals surface area contributed by atoms with E-state index in [1.54, 1.807) is 24.5 Å². The quantitative estimate of drug-likeness (QED) is 0.715. The van der Waals surface area contributed by atoms with Crippen molar-refractivity contribution in [1.82, 2.24) is 4.98 Å². The second kappa shape index (κ2) is 6.21. The standard InChI is InChI=1S/C18H13BrClNO/c19-16-7-3-13(4-8-16)18(22,15-2-1-11-21-12-15)14-5-9-17(20)10-6-14/h1-12,22H/t18-/m0/s1. The van der Waals surface area contributed by atoms with Gasteiger partial charge in [-0.3, -0.25) is 4.98 Å². The van der Waals surface area contributed by atoms with Crippen molar-refractivity contribution in [2.24, 2.45) is 0 Å². The maximum Gasteiger partial charge on any atom is 0.142 e. The lowest BCUT2D eigenvalue weighted by molar-refractivity contribution is 0.125. The molecule has 0 amide bonds. The van der Waals surface area contributed by atoms with Gasteiger partial charge in [0.2, 0.25) is 0 Å². The van der Waals surface area contributed by atoms with Gasteiger partial charge < -0.3 is 5.11 Å². The van der Waals surface area contributed by atoms with E-state index >= 15 is 0 Å². The number of nitrogens with zero attached hydrogens (tertiary/aromatic N) is 1. The van der Waals surface area contributed by atoms with Crippen LogP contribution >= 0.6 is 27.5 Å². The molecule has 1 aromatic heterocycles. The van der Waals surface area contributed by atoms with Crippen LogP contribution in [0.3, 0.4) is 0 Å². The number of aromatic nitrogens is 1. The first-order valence-corrected chi connectivity index (χ1v) is 7.93. The van der Waals surface area contributed by atoms with E-state index in [-0.39, 0.29) is 0 Å². The minimum atomic E-state index is -1.28. The molecule has 0 unspecified atom stereocenters. The summed E-state index contributed by atoms with van der Waals surface area (Å²) in [5, 5.41) is 12.1. The molecular formula is C18H13BrClNO. The Bertz CT molecular complexity index is 712. The van der Waals surface area contributed by atoms with Crippen molar-refractivity contribution in [3.05, 3.63) is 99.2 Å². The molecule has 0 spiro atoms. The van der Waals surface area contributed by atoms with Gasteiger partial charge in [0.25, 0.3) is 0 Å². The molecule has 4 heteroatoms. The number of benzene rings is 2. The van der Waals surface area contributed by atoms with E-state index in [9.17, 15) is 5.11 Å². The highest BCUT2D eigenvalue weighted by Gasteiger charge is 2.33. The summed E-state index contributed by atoms with van der Waals surface area (Å²) in [7, 11) is 0. The molecule has 0 aliphatic rings. The Kier molecular flexibility index (Phi) is 4.30. The number of hydrogen-bond acceptors (Lipinski definition) is 2. The topological polar surface area (TPSA) is 33.1 Å². The third-order valence-electron chi connectivity index (χ3n) is 3.60. The molecule has 1 atom stereocenters. The number of halogens is 2. The van der Waals surface area contributed by atoms with Crippen LogP contribution in [0.15, 0.2) is 77.5 Å². The summed E-state index contributed by atoms with van der Waals surface area (Å²) < 4.78 is 0.959. The van der Waals surface area contributed by atoms with Gasteiger partial charge in [-0.15, -0.1) is 0 Å². The van der Waals surface area contributed by atoms with Gasteiger partial charge in [-0.2, -0.15) is 0 Å².